The van der Waals surface area contributed by atoms with Crippen LogP contribution in [0.3, 0.4) is 0 Å². The molecule has 6 nitrogen and oxygen atoms in total. The summed E-state index contributed by atoms with van der Waals surface area (Å²) in [5.74, 6) is -1.12. The highest BCUT2D eigenvalue weighted by molar-refractivity contribution is 6.09. The van der Waals surface area contributed by atoms with E-state index < -0.39 is 34.9 Å². The average molecular weight is 392 g/mol. The number of nitriles is 1. The molecule has 0 aromatic heterocycles. The summed E-state index contributed by atoms with van der Waals surface area (Å²) in [6.45, 7) is 5.13. The van der Waals surface area contributed by atoms with E-state index in [0.717, 1.165) is 5.56 Å². The molecule has 2 rings (SSSR count). The number of Topliss-reactive ketones (excluding diaryl/α,β-unsaturated/α-hetero) is 1. The molecule has 0 saturated heterocycles. The molecule has 0 fully saturated rings. The van der Waals surface area contributed by atoms with E-state index >= 15 is 0 Å². The highest BCUT2D eigenvalue weighted by Crippen LogP contribution is 2.19. The molecule has 0 heterocycles. The summed E-state index contributed by atoms with van der Waals surface area (Å²) in [7, 11) is 0. The fraction of sp³-hybridized carbons (Fsp3) is 0.261. The molecule has 0 saturated carbocycles. The van der Waals surface area contributed by atoms with Gasteiger partial charge in [0.1, 0.15) is 29.0 Å². The number of hydrogen-bond donors (Lipinski definition) is 2. The summed E-state index contributed by atoms with van der Waals surface area (Å²) in [5, 5.41) is 22.5. The maximum Gasteiger partial charge on any atom is 0.408 e. The van der Waals surface area contributed by atoms with Crippen molar-refractivity contribution >= 4 is 17.6 Å². The smallest absolute Gasteiger partial charge is 0.408 e. The SMILES string of the molecule is CC(C)(C)OC(=O)N[C@@H](Cc1ccccc1)C(=O)/C(C#N)=C(\O)c1ccccc1. The second kappa shape index (κ2) is 9.56. The predicted molar refractivity (Wildman–Crippen MR) is 110 cm³/mol. The third kappa shape index (κ3) is 6.51. The molecular formula is C23H24N2O4. The summed E-state index contributed by atoms with van der Waals surface area (Å²) < 4.78 is 5.25. The Labute approximate surface area is 170 Å². The van der Waals surface area contributed by atoms with Gasteiger partial charge in [-0.1, -0.05) is 60.7 Å². The van der Waals surface area contributed by atoms with Crippen LogP contribution < -0.4 is 5.32 Å². The molecule has 0 aliphatic rings. The Balaban J connectivity index is 2.36. The monoisotopic (exact) mass is 392 g/mol. The largest absolute Gasteiger partial charge is 0.506 e. The maximum absolute atomic E-state index is 13.1. The minimum atomic E-state index is -1.08. The average Bonchev–Trinajstić information content (AvgIpc) is 2.68. The van der Waals surface area contributed by atoms with Crippen molar-refractivity contribution in [1.29, 1.82) is 5.26 Å². The highest BCUT2D eigenvalue weighted by atomic mass is 16.6. The minimum absolute atomic E-state index is 0.145. The normalized spacial score (nSPS) is 12.9. The number of rotatable bonds is 6. The van der Waals surface area contributed by atoms with Gasteiger partial charge in [0.15, 0.2) is 5.78 Å². The predicted octanol–water partition coefficient (Wildman–Crippen LogP) is 4.18. The lowest BCUT2D eigenvalue weighted by Crippen LogP contribution is -2.45. The van der Waals surface area contributed by atoms with Gasteiger partial charge in [0.25, 0.3) is 0 Å². The third-order valence-corrected chi connectivity index (χ3v) is 3.93. The van der Waals surface area contributed by atoms with E-state index in [1.165, 1.54) is 0 Å². The molecular weight excluding hydrogens is 368 g/mol. The fourth-order valence-corrected chi connectivity index (χ4v) is 2.65. The number of aliphatic hydroxyl groups excluding tert-OH is 1. The molecule has 2 N–H and O–H groups in total. The molecule has 0 bridgehead atoms. The summed E-state index contributed by atoms with van der Waals surface area (Å²) in [5.41, 5.74) is -0.0375. The fourth-order valence-electron chi connectivity index (χ4n) is 2.65. The first-order valence-corrected chi connectivity index (χ1v) is 9.17. The van der Waals surface area contributed by atoms with Crippen molar-refractivity contribution in [2.75, 3.05) is 0 Å². The van der Waals surface area contributed by atoms with Crippen LogP contribution in [0, 0.1) is 11.3 Å². The van der Waals surface area contributed by atoms with Crippen LogP contribution in [-0.2, 0) is 16.0 Å². The van der Waals surface area contributed by atoms with Crippen LogP contribution in [0.2, 0.25) is 0 Å². The van der Waals surface area contributed by atoms with Crippen molar-refractivity contribution in [2.24, 2.45) is 0 Å². The zero-order valence-corrected chi connectivity index (χ0v) is 16.7. The topological polar surface area (TPSA) is 99.4 Å². The highest BCUT2D eigenvalue weighted by Gasteiger charge is 2.29. The van der Waals surface area contributed by atoms with Crippen molar-refractivity contribution in [2.45, 2.75) is 38.8 Å². The maximum atomic E-state index is 13.1. The van der Waals surface area contributed by atoms with E-state index in [2.05, 4.69) is 5.32 Å². The van der Waals surface area contributed by atoms with Gasteiger partial charge >= 0.3 is 6.09 Å². The third-order valence-electron chi connectivity index (χ3n) is 3.93. The number of hydrogen-bond acceptors (Lipinski definition) is 5. The number of nitrogens with one attached hydrogen (secondary N) is 1. The van der Waals surface area contributed by atoms with E-state index in [1.807, 2.05) is 30.3 Å². The first-order chi connectivity index (χ1) is 13.7. The van der Waals surface area contributed by atoms with Crippen molar-refractivity contribution in [3.8, 4) is 6.07 Å². The van der Waals surface area contributed by atoms with Crippen LogP contribution in [0.4, 0.5) is 4.79 Å². The summed E-state index contributed by atoms with van der Waals surface area (Å²) in [4.78, 5) is 25.4. The number of aliphatic hydroxyl groups is 1. The van der Waals surface area contributed by atoms with Gasteiger partial charge in [0.2, 0.25) is 0 Å². The molecule has 0 radical (unpaired) electrons. The molecule has 29 heavy (non-hydrogen) atoms. The van der Waals surface area contributed by atoms with Crippen molar-refractivity contribution in [1.82, 2.24) is 5.32 Å². The molecule has 0 spiro atoms. The quantitative estimate of drug-likeness (QED) is 0.436. The van der Waals surface area contributed by atoms with Crippen LogP contribution in [-0.4, -0.2) is 28.6 Å². The first kappa shape index (κ1) is 21.7. The number of ketones is 1. The van der Waals surface area contributed by atoms with Crippen LogP contribution in [0.15, 0.2) is 66.2 Å². The lowest BCUT2D eigenvalue weighted by molar-refractivity contribution is -0.117. The Morgan fingerprint density at radius 1 is 1.07 bits per heavy atom. The van der Waals surface area contributed by atoms with Crippen LogP contribution >= 0.6 is 0 Å². The molecule has 1 amide bonds. The number of benzene rings is 2. The summed E-state index contributed by atoms with van der Waals surface area (Å²) in [6, 6.07) is 18.1. The van der Waals surface area contributed by atoms with Gasteiger partial charge in [-0.3, -0.25) is 4.79 Å². The molecule has 0 aliphatic carbocycles. The number of ether oxygens (including phenoxy) is 1. The standard InChI is InChI=1S/C23H24N2O4/c1-23(2,3)29-22(28)25-19(14-16-10-6-4-7-11-16)21(27)18(15-24)20(26)17-12-8-5-9-13-17/h4-13,19,26H,14H2,1-3H3,(H,25,28)/b20-18-/t19-/m0/s1. The van der Waals surface area contributed by atoms with E-state index in [-0.39, 0.29) is 6.42 Å². The second-order valence-electron chi connectivity index (χ2n) is 7.45. The van der Waals surface area contributed by atoms with Gasteiger partial charge in [-0.05, 0) is 26.3 Å². The summed E-state index contributed by atoms with van der Waals surface area (Å²) in [6.07, 6.45) is -0.630. The zero-order chi connectivity index (χ0) is 21.4. The van der Waals surface area contributed by atoms with E-state index in [4.69, 9.17) is 4.74 Å². The lowest BCUT2D eigenvalue weighted by atomic mass is 9.96. The van der Waals surface area contributed by atoms with Crippen LogP contribution in [0.1, 0.15) is 31.9 Å². The number of alkyl carbamates (subject to hydrolysis) is 1. The molecule has 0 aliphatic heterocycles. The molecule has 150 valence electrons. The van der Waals surface area contributed by atoms with E-state index in [0.29, 0.717) is 5.56 Å². The molecule has 1 atom stereocenters. The number of nitrogens with zero attached hydrogens (tertiary/aromatic N) is 1. The summed E-state index contributed by atoms with van der Waals surface area (Å²) >= 11 is 0. The zero-order valence-electron chi connectivity index (χ0n) is 16.7. The Kier molecular flexibility index (Phi) is 7.15. The number of carbonyl (C=O) groups is 2. The van der Waals surface area contributed by atoms with Gasteiger partial charge in [-0.25, -0.2) is 4.79 Å². The second-order valence-corrected chi connectivity index (χ2v) is 7.45. The Morgan fingerprint density at radius 2 is 1.62 bits per heavy atom. The van der Waals surface area contributed by atoms with Gasteiger partial charge in [0, 0.05) is 12.0 Å². The molecule has 2 aromatic carbocycles. The van der Waals surface area contributed by atoms with Crippen LogP contribution in [0.25, 0.3) is 5.76 Å². The molecule has 6 heteroatoms. The number of amides is 1. The molecule has 0 unspecified atom stereocenters. The van der Waals surface area contributed by atoms with E-state index in [1.54, 1.807) is 57.2 Å². The van der Waals surface area contributed by atoms with Gasteiger partial charge in [0.05, 0.1) is 0 Å². The van der Waals surface area contributed by atoms with Gasteiger partial charge < -0.3 is 15.2 Å². The number of carbonyl (C=O) groups excluding carboxylic acids is 2. The van der Waals surface area contributed by atoms with Gasteiger partial charge in [-0.15, -0.1) is 0 Å². The van der Waals surface area contributed by atoms with Gasteiger partial charge in [-0.2, -0.15) is 5.26 Å². The Morgan fingerprint density at radius 3 is 2.14 bits per heavy atom. The lowest BCUT2D eigenvalue weighted by Gasteiger charge is -2.23. The Hall–Kier alpha value is -3.59. The van der Waals surface area contributed by atoms with Crippen molar-refractivity contribution in [3.63, 3.8) is 0 Å². The van der Waals surface area contributed by atoms with Crippen molar-refractivity contribution in [3.05, 3.63) is 77.4 Å². The van der Waals surface area contributed by atoms with Crippen molar-refractivity contribution < 1.29 is 19.4 Å². The minimum Gasteiger partial charge on any atom is -0.506 e. The Bertz CT molecular complexity index is 923. The van der Waals surface area contributed by atoms with Crippen LogP contribution in [0.5, 0.6) is 0 Å². The molecule has 2 aromatic rings. The van der Waals surface area contributed by atoms with E-state index in [9.17, 15) is 20.0 Å². The first-order valence-electron chi connectivity index (χ1n) is 9.17.